The first kappa shape index (κ1) is 16.8. The Morgan fingerprint density at radius 1 is 1.50 bits per heavy atom. The van der Waals surface area contributed by atoms with E-state index >= 15 is 0 Å². The van der Waals surface area contributed by atoms with Gasteiger partial charge in [0.2, 0.25) is 5.91 Å². The number of carbonyl (C=O) groups excluding carboxylic acids is 1. The summed E-state index contributed by atoms with van der Waals surface area (Å²) in [4.78, 5) is 12.3. The van der Waals surface area contributed by atoms with Gasteiger partial charge in [0.25, 0.3) is 0 Å². The van der Waals surface area contributed by atoms with Crippen LogP contribution in [-0.4, -0.2) is 26.1 Å². The minimum absolute atomic E-state index is 0. The highest BCUT2D eigenvalue weighted by atomic mass is 35.5. The summed E-state index contributed by atoms with van der Waals surface area (Å²) < 4.78 is 5.21. The number of hydrogen-bond donors (Lipinski definition) is 2. The monoisotopic (exact) mass is 298 g/mol. The van der Waals surface area contributed by atoms with Gasteiger partial charge in [-0.05, 0) is 44.5 Å². The lowest BCUT2D eigenvalue weighted by Crippen LogP contribution is -2.41. The fourth-order valence-corrected chi connectivity index (χ4v) is 2.38. The van der Waals surface area contributed by atoms with Crippen molar-refractivity contribution in [2.45, 2.75) is 26.3 Å². The van der Waals surface area contributed by atoms with E-state index in [2.05, 4.69) is 10.6 Å². The summed E-state index contributed by atoms with van der Waals surface area (Å²) in [5.41, 5.74) is 0.773. The van der Waals surface area contributed by atoms with Gasteiger partial charge in [-0.1, -0.05) is 12.1 Å². The van der Waals surface area contributed by atoms with Crippen LogP contribution in [0.15, 0.2) is 24.3 Å². The Balaban J connectivity index is 0.00000200. The molecule has 1 aliphatic rings. The summed E-state index contributed by atoms with van der Waals surface area (Å²) in [5.74, 6) is 0.931. The van der Waals surface area contributed by atoms with Crippen LogP contribution >= 0.6 is 12.4 Å². The van der Waals surface area contributed by atoms with Crippen molar-refractivity contribution in [3.63, 3.8) is 0 Å². The molecule has 20 heavy (non-hydrogen) atoms. The normalized spacial score (nSPS) is 22.8. The van der Waals surface area contributed by atoms with Gasteiger partial charge < -0.3 is 15.4 Å². The lowest BCUT2D eigenvalue weighted by Gasteiger charge is -2.24. The zero-order valence-electron chi connectivity index (χ0n) is 12.2. The number of halogens is 1. The maximum Gasteiger partial charge on any atom is 0.227 e. The van der Waals surface area contributed by atoms with E-state index in [-0.39, 0.29) is 29.8 Å². The van der Waals surface area contributed by atoms with Crippen molar-refractivity contribution in [1.29, 1.82) is 0 Å². The quantitative estimate of drug-likeness (QED) is 0.897. The topological polar surface area (TPSA) is 50.4 Å². The summed E-state index contributed by atoms with van der Waals surface area (Å²) in [6.45, 7) is 5.68. The van der Waals surface area contributed by atoms with E-state index in [9.17, 15) is 4.79 Å². The molecule has 1 aromatic carbocycles. The van der Waals surface area contributed by atoms with Crippen molar-refractivity contribution in [3.05, 3.63) is 29.8 Å². The Morgan fingerprint density at radius 3 is 2.85 bits per heavy atom. The van der Waals surface area contributed by atoms with E-state index < -0.39 is 0 Å². The van der Waals surface area contributed by atoms with Crippen molar-refractivity contribution in [3.8, 4) is 5.75 Å². The molecule has 0 aromatic heterocycles. The third kappa shape index (κ3) is 3.64. The Morgan fingerprint density at radius 2 is 2.25 bits per heavy atom. The average Bonchev–Trinajstić information content (AvgIpc) is 2.87. The van der Waals surface area contributed by atoms with Gasteiger partial charge in [0.1, 0.15) is 5.75 Å². The van der Waals surface area contributed by atoms with Crippen LogP contribution in [0, 0.1) is 5.41 Å². The highest BCUT2D eigenvalue weighted by Crippen LogP contribution is 2.26. The van der Waals surface area contributed by atoms with E-state index in [0.29, 0.717) is 0 Å². The molecule has 2 atom stereocenters. The van der Waals surface area contributed by atoms with Gasteiger partial charge in [0.05, 0.1) is 18.6 Å². The van der Waals surface area contributed by atoms with Gasteiger partial charge >= 0.3 is 0 Å². The van der Waals surface area contributed by atoms with Crippen LogP contribution in [0.3, 0.4) is 0 Å². The van der Waals surface area contributed by atoms with E-state index in [1.54, 1.807) is 7.11 Å². The molecule has 0 radical (unpaired) electrons. The number of nitrogens with one attached hydrogen (secondary N) is 2. The molecule has 1 saturated heterocycles. The number of methoxy groups -OCH3 is 1. The molecule has 2 unspecified atom stereocenters. The second-order valence-electron chi connectivity index (χ2n) is 5.46. The smallest absolute Gasteiger partial charge is 0.227 e. The Bertz CT molecular complexity index is 459. The second kappa shape index (κ2) is 6.95. The number of ether oxygens (including phenoxy) is 1. The molecule has 1 aromatic rings. The third-order valence-electron chi connectivity index (χ3n) is 3.86. The van der Waals surface area contributed by atoms with Crippen molar-refractivity contribution >= 4 is 18.3 Å². The summed E-state index contributed by atoms with van der Waals surface area (Å²) in [6.07, 6.45) is 0.893. The molecule has 1 aliphatic heterocycles. The molecule has 4 nitrogen and oxygen atoms in total. The van der Waals surface area contributed by atoms with Gasteiger partial charge in [-0.25, -0.2) is 0 Å². The lowest BCUT2D eigenvalue weighted by atomic mass is 9.88. The van der Waals surface area contributed by atoms with E-state index in [1.165, 1.54) is 0 Å². The number of amides is 1. The summed E-state index contributed by atoms with van der Waals surface area (Å²) in [5, 5.41) is 6.34. The first-order valence-corrected chi connectivity index (χ1v) is 6.71. The van der Waals surface area contributed by atoms with Gasteiger partial charge in [-0.15, -0.1) is 12.4 Å². The molecule has 1 fully saturated rings. The molecule has 0 bridgehead atoms. The SMILES string of the molecule is COc1cccc(C(C)NC(=O)C2(C)CCNC2)c1.Cl. The number of benzene rings is 1. The van der Waals surface area contributed by atoms with Crippen LogP contribution in [-0.2, 0) is 4.79 Å². The van der Waals surface area contributed by atoms with Gasteiger partial charge in [0, 0.05) is 6.54 Å². The molecule has 2 N–H and O–H groups in total. The zero-order chi connectivity index (χ0) is 13.9. The zero-order valence-corrected chi connectivity index (χ0v) is 13.0. The number of carbonyl (C=O) groups is 1. The Hall–Kier alpha value is -1.26. The Kier molecular flexibility index (Phi) is 5.84. The first-order chi connectivity index (χ1) is 9.05. The predicted octanol–water partition coefficient (Wildman–Crippen LogP) is 2.29. The number of rotatable bonds is 4. The first-order valence-electron chi connectivity index (χ1n) is 6.71. The fraction of sp³-hybridized carbons (Fsp3) is 0.533. The van der Waals surface area contributed by atoms with E-state index in [1.807, 2.05) is 38.1 Å². The summed E-state index contributed by atoms with van der Waals surface area (Å²) in [6, 6.07) is 7.79. The molecular weight excluding hydrogens is 276 g/mol. The van der Waals surface area contributed by atoms with Crippen LogP contribution in [0.4, 0.5) is 0 Å². The molecule has 0 spiro atoms. The highest BCUT2D eigenvalue weighted by Gasteiger charge is 2.36. The summed E-state index contributed by atoms with van der Waals surface area (Å²) in [7, 11) is 1.65. The lowest BCUT2D eigenvalue weighted by molar-refractivity contribution is -0.129. The van der Waals surface area contributed by atoms with Gasteiger partial charge in [0.15, 0.2) is 0 Å². The second-order valence-corrected chi connectivity index (χ2v) is 5.46. The summed E-state index contributed by atoms with van der Waals surface area (Å²) >= 11 is 0. The van der Waals surface area contributed by atoms with Crippen molar-refractivity contribution in [2.75, 3.05) is 20.2 Å². The van der Waals surface area contributed by atoms with Crippen LogP contribution < -0.4 is 15.4 Å². The highest BCUT2D eigenvalue weighted by molar-refractivity contribution is 5.85. The number of hydrogen-bond acceptors (Lipinski definition) is 3. The minimum Gasteiger partial charge on any atom is -0.497 e. The molecule has 112 valence electrons. The van der Waals surface area contributed by atoms with Crippen LogP contribution in [0.25, 0.3) is 0 Å². The van der Waals surface area contributed by atoms with E-state index in [0.717, 1.165) is 30.8 Å². The fourth-order valence-electron chi connectivity index (χ4n) is 2.38. The maximum atomic E-state index is 12.3. The Labute approximate surface area is 126 Å². The standard InChI is InChI=1S/C15H22N2O2.ClH/c1-11(12-5-4-6-13(9-12)19-3)17-14(18)15(2)7-8-16-10-15;/h4-6,9,11,16H,7-8,10H2,1-3H3,(H,17,18);1H. The van der Waals surface area contributed by atoms with Crippen molar-refractivity contribution in [2.24, 2.45) is 5.41 Å². The molecule has 0 aliphatic carbocycles. The van der Waals surface area contributed by atoms with Crippen molar-refractivity contribution < 1.29 is 9.53 Å². The molecule has 0 saturated carbocycles. The molecule has 2 rings (SSSR count). The average molecular weight is 299 g/mol. The molecule has 5 heteroatoms. The minimum atomic E-state index is -0.285. The molecular formula is C15H23ClN2O2. The maximum absolute atomic E-state index is 12.3. The van der Waals surface area contributed by atoms with Crippen LogP contribution in [0.5, 0.6) is 5.75 Å². The van der Waals surface area contributed by atoms with Crippen LogP contribution in [0.1, 0.15) is 31.9 Å². The van der Waals surface area contributed by atoms with Crippen molar-refractivity contribution in [1.82, 2.24) is 10.6 Å². The molecule has 1 amide bonds. The van der Waals surface area contributed by atoms with Gasteiger partial charge in [-0.2, -0.15) is 0 Å². The largest absolute Gasteiger partial charge is 0.497 e. The molecule has 1 heterocycles. The van der Waals surface area contributed by atoms with Gasteiger partial charge in [-0.3, -0.25) is 4.79 Å². The van der Waals surface area contributed by atoms with Crippen LogP contribution in [0.2, 0.25) is 0 Å². The van der Waals surface area contributed by atoms with E-state index in [4.69, 9.17) is 4.74 Å². The third-order valence-corrected chi connectivity index (χ3v) is 3.86. The predicted molar refractivity (Wildman–Crippen MR) is 82.4 cm³/mol.